The number of imidazole rings is 1. The summed E-state index contributed by atoms with van der Waals surface area (Å²) in [5.41, 5.74) is 6.06. The van der Waals surface area contributed by atoms with Crippen molar-refractivity contribution in [2.75, 3.05) is 12.3 Å². The second kappa shape index (κ2) is 9.02. The molecule has 5 fully saturated rings. The number of fused-ring (bicyclic) bond motifs is 1. The fourth-order valence-electron chi connectivity index (χ4n) is 6.89. The minimum absolute atomic E-state index is 0. The number of nitrogen functional groups attached to an aromatic ring is 1. The number of hydrogen-bond donors (Lipinski definition) is 4. The molecule has 7 rings (SSSR count). The number of nitrogens with zero attached hydrogens (tertiary/aromatic N) is 4. The fraction of sp³-hybridized carbons (Fsp3) is 0.750. The molecular formula is C20H28N6NaO6P. The van der Waals surface area contributed by atoms with Gasteiger partial charge >= 0.3 is 29.6 Å². The third-order valence-electron chi connectivity index (χ3n) is 7.82. The summed E-state index contributed by atoms with van der Waals surface area (Å²) in [6.07, 6.45) is 4.04. The van der Waals surface area contributed by atoms with Crippen LogP contribution in [0.5, 0.6) is 0 Å². The standard InChI is InChI=1S/C20H29N6O6P.Na/c21-17-14-18(23-8-22-17)26(9-24-14)19-16(28)15(27)13(32-19)7-31-33(29,30)25-20-4-10-1-11(5-20)3-12(2-10)6-20;/h8-13,15-16,19,27-28H,1-7H2,(H2,21,22,23)(H2,25,29,30);/q;+1/p-1. The van der Waals surface area contributed by atoms with E-state index in [2.05, 4.69) is 20.0 Å². The van der Waals surface area contributed by atoms with Crippen molar-refractivity contribution in [2.45, 2.75) is 68.6 Å². The van der Waals surface area contributed by atoms with Crippen LogP contribution in [0.4, 0.5) is 5.82 Å². The Morgan fingerprint density at radius 1 is 1.18 bits per heavy atom. The number of nitrogens with two attached hydrogens (primary N) is 1. The molecule has 5 unspecified atom stereocenters. The summed E-state index contributed by atoms with van der Waals surface area (Å²) in [5, 5.41) is 23.9. The summed E-state index contributed by atoms with van der Waals surface area (Å²) in [6, 6.07) is 0. The number of ether oxygens (including phenoxy) is 1. The first-order chi connectivity index (χ1) is 15.7. The van der Waals surface area contributed by atoms with Crippen molar-refractivity contribution in [2.24, 2.45) is 17.8 Å². The van der Waals surface area contributed by atoms with E-state index < -0.39 is 44.4 Å². The minimum atomic E-state index is -4.39. The number of nitrogens with one attached hydrogen (secondary N) is 1. The molecule has 2 aromatic rings. The van der Waals surface area contributed by atoms with E-state index in [-0.39, 0.29) is 35.4 Å². The van der Waals surface area contributed by atoms with Crippen LogP contribution in [-0.4, -0.2) is 60.2 Å². The van der Waals surface area contributed by atoms with Gasteiger partial charge in [0, 0.05) is 5.54 Å². The Bertz CT molecular complexity index is 1080. The van der Waals surface area contributed by atoms with Crippen LogP contribution in [0.1, 0.15) is 44.8 Å². The molecule has 4 bridgehead atoms. The van der Waals surface area contributed by atoms with Crippen molar-refractivity contribution in [3.63, 3.8) is 0 Å². The molecule has 5 aliphatic rings. The number of aromatic nitrogens is 4. The summed E-state index contributed by atoms with van der Waals surface area (Å²) in [7, 11) is -4.39. The molecule has 0 spiro atoms. The summed E-state index contributed by atoms with van der Waals surface area (Å²) >= 11 is 0. The summed E-state index contributed by atoms with van der Waals surface area (Å²) in [5.74, 6) is 1.93. The molecule has 0 amide bonds. The van der Waals surface area contributed by atoms with E-state index in [4.69, 9.17) is 15.0 Å². The number of aliphatic hydroxyl groups is 2. The Labute approximate surface area is 218 Å². The third kappa shape index (κ3) is 4.36. The van der Waals surface area contributed by atoms with Gasteiger partial charge in [-0.2, -0.15) is 0 Å². The molecule has 5 N–H and O–H groups in total. The predicted molar refractivity (Wildman–Crippen MR) is 113 cm³/mol. The number of rotatable bonds is 6. The van der Waals surface area contributed by atoms with Gasteiger partial charge in [0.1, 0.15) is 30.2 Å². The van der Waals surface area contributed by atoms with Crippen molar-refractivity contribution < 1.29 is 58.5 Å². The number of aliphatic hydroxyl groups excluding tert-OH is 2. The summed E-state index contributed by atoms with van der Waals surface area (Å²) in [6.45, 7) is -0.418. The maximum absolute atomic E-state index is 12.8. The molecule has 12 nitrogen and oxygen atoms in total. The van der Waals surface area contributed by atoms with Crippen LogP contribution in [0.15, 0.2) is 12.7 Å². The maximum atomic E-state index is 12.8. The molecule has 1 aliphatic heterocycles. The Balaban J connectivity index is 0.00000241. The van der Waals surface area contributed by atoms with E-state index in [1.54, 1.807) is 0 Å². The van der Waals surface area contributed by atoms with E-state index >= 15 is 0 Å². The minimum Gasteiger partial charge on any atom is -0.766 e. The average Bonchev–Trinajstić information content (AvgIpc) is 3.27. The van der Waals surface area contributed by atoms with E-state index in [0.29, 0.717) is 28.9 Å². The molecule has 0 radical (unpaired) electrons. The maximum Gasteiger partial charge on any atom is 1.00 e. The van der Waals surface area contributed by atoms with Gasteiger partial charge in [-0.1, -0.05) is 0 Å². The molecular weight excluding hydrogens is 474 g/mol. The number of hydrogen-bond acceptors (Lipinski definition) is 10. The zero-order valence-corrected chi connectivity index (χ0v) is 21.9. The molecule has 180 valence electrons. The van der Waals surface area contributed by atoms with Gasteiger partial charge in [0.25, 0.3) is 0 Å². The molecule has 5 atom stereocenters. The van der Waals surface area contributed by atoms with E-state index in [0.717, 1.165) is 19.3 Å². The van der Waals surface area contributed by atoms with Crippen molar-refractivity contribution in [1.82, 2.24) is 24.6 Å². The van der Waals surface area contributed by atoms with Crippen LogP contribution in [0.25, 0.3) is 11.2 Å². The van der Waals surface area contributed by atoms with Crippen LogP contribution in [-0.2, 0) is 13.8 Å². The monoisotopic (exact) mass is 502 g/mol. The fourth-order valence-corrected chi connectivity index (χ4v) is 8.16. The Morgan fingerprint density at radius 2 is 1.82 bits per heavy atom. The average molecular weight is 502 g/mol. The molecule has 14 heteroatoms. The molecule has 4 aliphatic carbocycles. The smallest absolute Gasteiger partial charge is 0.766 e. The molecule has 34 heavy (non-hydrogen) atoms. The van der Waals surface area contributed by atoms with Crippen LogP contribution in [0.3, 0.4) is 0 Å². The van der Waals surface area contributed by atoms with Crippen LogP contribution < -0.4 is 45.3 Å². The molecule has 0 aromatic carbocycles. The normalized spacial score (nSPS) is 40.4. The first-order valence-corrected chi connectivity index (χ1v) is 13.0. The second-order valence-corrected chi connectivity index (χ2v) is 11.7. The zero-order valence-electron chi connectivity index (χ0n) is 19.0. The van der Waals surface area contributed by atoms with Crippen LogP contribution in [0, 0.1) is 17.8 Å². The van der Waals surface area contributed by atoms with Gasteiger partial charge in [-0.3, -0.25) is 14.2 Å². The first-order valence-electron chi connectivity index (χ1n) is 11.4. The molecule has 2 aromatic heterocycles. The molecule has 1 saturated heterocycles. The topological polar surface area (TPSA) is 181 Å². The third-order valence-corrected chi connectivity index (χ3v) is 9.06. The Morgan fingerprint density at radius 3 is 2.47 bits per heavy atom. The van der Waals surface area contributed by atoms with Gasteiger partial charge in [-0.25, -0.2) is 15.0 Å². The first kappa shape index (κ1) is 25.0. The van der Waals surface area contributed by atoms with E-state index in [1.807, 2.05) is 0 Å². The van der Waals surface area contributed by atoms with Gasteiger partial charge in [0.2, 0.25) is 7.75 Å². The van der Waals surface area contributed by atoms with Gasteiger partial charge in [-0.15, -0.1) is 0 Å². The van der Waals surface area contributed by atoms with Gasteiger partial charge in [0.05, 0.1) is 12.9 Å². The van der Waals surface area contributed by atoms with Crippen molar-refractivity contribution in [3.8, 4) is 0 Å². The predicted octanol–water partition coefficient (Wildman–Crippen LogP) is -2.92. The summed E-state index contributed by atoms with van der Waals surface area (Å²) < 4.78 is 25.3. The van der Waals surface area contributed by atoms with Crippen molar-refractivity contribution in [3.05, 3.63) is 12.7 Å². The van der Waals surface area contributed by atoms with E-state index in [9.17, 15) is 19.7 Å². The Kier molecular flexibility index (Phi) is 6.64. The zero-order chi connectivity index (χ0) is 23.0. The van der Waals surface area contributed by atoms with Gasteiger partial charge in [-0.05, 0) is 56.3 Å². The Hall–Kier alpha value is -0.660. The largest absolute Gasteiger partial charge is 1.00 e. The van der Waals surface area contributed by atoms with E-state index in [1.165, 1.54) is 36.5 Å². The molecule has 4 saturated carbocycles. The van der Waals surface area contributed by atoms with Crippen molar-refractivity contribution in [1.29, 1.82) is 0 Å². The van der Waals surface area contributed by atoms with Crippen molar-refractivity contribution >= 4 is 24.7 Å². The van der Waals surface area contributed by atoms with Crippen LogP contribution >= 0.6 is 7.75 Å². The van der Waals surface area contributed by atoms with Gasteiger partial charge < -0.3 is 30.1 Å². The number of anilines is 1. The van der Waals surface area contributed by atoms with Crippen LogP contribution in [0.2, 0.25) is 0 Å². The summed E-state index contributed by atoms with van der Waals surface area (Å²) in [4.78, 5) is 25.0. The quantitative estimate of drug-likeness (QED) is 0.235. The van der Waals surface area contributed by atoms with Gasteiger partial charge in [0.15, 0.2) is 17.7 Å². The molecule has 3 heterocycles. The second-order valence-electron chi connectivity index (χ2n) is 10.2. The SMILES string of the molecule is Nc1ncnc2c1ncn2C1OC(COP(=O)([O-])NC23CC4CC(CC(C4)C2)C3)C(O)C1O.[Na+].